The van der Waals surface area contributed by atoms with Crippen molar-refractivity contribution in [2.24, 2.45) is 0 Å². The maximum absolute atomic E-state index is 13.1. The molecule has 1 saturated heterocycles. The maximum atomic E-state index is 13.1. The van der Waals surface area contributed by atoms with Crippen LogP contribution in [0.3, 0.4) is 0 Å². The van der Waals surface area contributed by atoms with E-state index in [1.807, 2.05) is 18.2 Å². The molecule has 2 atom stereocenters. The summed E-state index contributed by atoms with van der Waals surface area (Å²) in [6, 6.07) is 11.5. The number of aldehydes is 1. The van der Waals surface area contributed by atoms with Gasteiger partial charge in [0.05, 0.1) is 0 Å². The zero-order chi connectivity index (χ0) is 13.4. The highest BCUT2D eigenvalue weighted by Crippen LogP contribution is 2.53. The summed E-state index contributed by atoms with van der Waals surface area (Å²) in [6.07, 6.45) is 0.239. The molecular formula is C15H10ClFO2. The second-order valence-electron chi connectivity index (χ2n) is 4.39. The lowest BCUT2D eigenvalue weighted by atomic mass is 10.0. The van der Waals surface area contributed by atoms with Gasteiger partial charge in [-0.2, -0.15) is 0 Å². The van der Waals surface area contributed by atoms with Crippen LogP contribution in [-0.2, 0) is 4.74 Å². The zero-order valence-corrected chi connectivity index (χ0v) is 10.6. The highest BCUT2D eigenvalue weighted by atomic mass is 35.5. The van der Waals surface area contributed by atoms with E-state index in [2.05, 4.69) is 0 Å². The van der Waals surface area contributed by atoms with Crippen LogP contribution >= 0.6 is 11.6 Å². The maximum Gasteiger partial charge on any atom is 0.150 e. The first-order valence-corrected chi connectivity index (χ1v) is 6.23. The minimum atomic E-state index is -0.430. The minimum absolute atomic E-state index is 0.169. The third kappa shape index (κ3) is 2.27. The summed E-state index contributed by atoms with van der Waals surface area (Å²) in [5, 5.41) is 0.629. The Morgan fingerprint density at radius 1 is 1.11 bits per heavy atom. The van der Waals surface area contributed by atoms with Crippen LogP contribution in [0.4, 0.5) is 4.39 Å². The summed E-state index contributed by atoms with van der Waals surface area (Å²) < 4.78 is 18.7. The van der Waals surface area contributed by atoms with Crippen LogP contribution in [0.2, 0.25) is 5.02 Å². The van der Waals surface area contributed by atoms with Crippen LogP contribution in [0, 0.1) is 5.82 Å². The Hall–Kier alpha value is -1.71. The van der Waals surface area contributed by atoms with Crippen LogP contribution < -0.4 is 0 Å². The van der Waals surface area contributed by atoms with Crippen molar-refractivity contribution >= 4 is 17.9 Å². The first-order valence-electron chi connectivity index (χ1n) is 5.85. The van der Waals surface area contributed by atoms with Crippen molar-refractivity contribution in [3.63, 3.8) is 0 Å². The van der Waals surface area contributed by atoms with Crippen molar-refractivity contribution in [3.8, 4) is 0 Å². The summed E-state index contributed by atoms with van der Waals surface area (Å²) >= 11 is 6.10. The molecule has 3 rings (SSSR count). The minimum Gasteiger partial charge on any atom is -0.359 e. The summed E-state index contributed by atoms with van der Waals surface area (Å²) in [5.41, 5.74) is 1.90. The van der Waals surface area contributed by atoms with E-state index in [4.69, 9.17) is 16.3 Å². The van der Waals surface area contributed by atoms with E-state index in [1.165, 1.54) is 12.1 Å². The van der Waals surface area contributed by atoms with Gasteiger partial charge in [0.2, 0.25) is 0 Å². The Morgan fingerprint density at radius 3 is 2.58 bits per heavy atom. The lowest BCUT2D eigenvalue weighted by Gasteiger charge is -2.02. The van der Waals surface area contributed by atoms with E-state index < -0.39 is 5.82 Å². The molecule has 0 bridgehead atoms. The van der Waals surface area contributed by atoms with Crippen molar-refractivity contribution in [1.29, 1.82) is 0 Å². The van der Waals surface area contributed by atoms with Crippen LogP contribution in [-0.4, -0.2) is 6.29 Å². The lowest BCUT2D eigenvalue weighted by molar-refractivity contribution is 0.112. The quantitative estimate of drug-likeness (QED) is 0.624. The van der Waals surface area contributed by atoms with Gasteiger partial charge in [-0.3, -0.25) is 4.79 Å². The molecule has 1 aliphatic heterocycles. The fourth-order valence-corrected chi connectivity index (χ4v) is 2.44. The average molecular weight is 277 g/mol. The normalized spacial score (nSPS) is 21.2. The molecule has 0 aromatic heterocycles. The van der Waals surface area contributed by atoms with Gasteiger partial charge in [-0.1, -0.05) is 35.9 Å². The van der Waals surface area contributed by atoms with Gasteiger partial charge in [0.25, 0.3) is 0 Å². The molecule has 2 aromatic rings. The number of ether oxygens (including phenoxy) is 1. The highest BCUT2D eigenvalue weighted by Gasteiger charge is 2.43. The molecule has 2 nitrogen and oxygen atoms in total. The van der Waals surface area contributed by atoms with Crippen molar-refractivity contribution in [3.05, 3.63) is 70.0 Å². The van der Waals surface area contributed by atoms with Gasteiger partial charge in [0.1, 0.15) is 18.0 Å². The van der Waals surface area contributed by atoms with Gasteiger partial charge in [0.15, 0.2) is 6.29 Å². The van der Waals surface area contributed by atoms with Gasteiger partial charge in [-0.15, -0.1) is 0 Å². The summed E-state index contributed by atoms with van der Waals surface area (Å²) in [4.78, 5) is 11.0. The number of carbonyl (C=O) groups is 1. The molecule has 1 fully saturated rings. The van der Waals surface area contributed by atoms with Gasteiger partial charge in [-0.25, -0.2) is 4.39 Å². The Bertz CT molecular complexity index is 642. The van der Waals surface area contributed by atoms with Gasteiger partial charge in [-0.05, 0) is 23.8 Å². The van der Waals surface area contributed by atoms with Crippen molar-refractivity contribution in [2.45, 2.75) is 12.2 Å². The molecule has 4 heteroatoms. The predicted molar refractivity (Wildman–Crippen MR) is 69.8 cm³/mol. The molecule has 0 aliphatic carbocycles. The topological polar surface area (TPSA) is 29.6 Å². The number of hydrogen-bond acceptors (Lipinski definition) is 2. The molecule has 0 saturated carbocycles. The number of rotatable bonds is 3. The third-order valence-corrected chi connectivity index (χ3v) is 3.53. The van der Waals surface area contributed by atoms with E-state index in [0.29, 0.717) is 22.4 Å². The summed E-state index contributed by atoms with van der Waals surface area (Å²) in [5.74, 6) is -0.430. The fraction of sp³-hybridized carbons (Fsp3) is 0.133. The second-order valence-corrected chi connectivity index (χ2v) is 4.80. The van der Waals surface area contributed by atoms with Gasteiger partial charge >= 0.3 is 0 Å². The molecule has 96 valence electrons. The number of epoxide rings is 1. The SMILES string of the molecule is O=Cc1cc(F)ccc1C1OC1c1ccccc1Cl. The average Bonchev–Trinajstić information content (AvgIpc) is 3.19. The zero-order valence-electron chi connectivity index (χ0n) is 9.85. The van der Waals surface area contributed by atoms with Crippen LogP contribution in [0.1, 0.15) is 33.7 Å². The Labute approximate surface area is 114 Å². The van der Waals surface area contributed by atoms with Crippen LogP contribution in [0.15, 0.2) is 42.5 Å². The predicted octanol–water partition coefficient (Wildman–Crippen LogP) is 4.10. The van der Waals surface area contributed by atoms with Crippen LogP contribution in [0.25, 0.3) is 0 Å². The highest BCUT2D eigenvalue weighted by molar-refractivity contribution is 6.31. The van der Waals surface area contributed by atoms with Crippen molar-refractivity contribution in [2.75, 3.05) is 0 Å². The Morgan fingerprint density at radius 2 is 1.84 bits per heavy atom. The lowest BCUT2D eigenvalue weighted by Crippen LogP contribution is -1.93. The molecule has 0 radical (unpaired) electrons. The Kier molecular flexibility index (Phi) is 3.09. The number of halogens is 2. The number of hydrogen-bond donors (Lipinski definition) is 0. The molecule has 19 heavy (non-hydrogen) atoms. The summed E-state index contributed by atoms with van der Waals surface area (Å²) in [6.45, 7) is 0. The third-order valence-electron chi connectivity index (χ3n) is 3.19. The standard InChI is InChI=1S/C15H10ClFO2/c16-13-4-2-1-3-12(13)15-14(19-15)11-6-5-10(17)7-9(11)8-18/h1-8,14-15H. The summed E-state index contributed by atoms with van der Waals surface area (Å²) in [7, 11) is 0. The van der Waals surface area contributed by atoms with E-state index in [-0.39, 0.29) is 12.2 Å². The largest absolute Gasteiger partial charge is 0.359 e. The van der Waals surface area contributed by atoms with Gasteiger partial charge in [0, 0.05) is 16.1 Å². The molecule has 1 aliphatic rings. The first kappa shape index (κ1) is 12.3. The molecule has 1 heterocycles. The van der Waals surface area contributed by atoms with E-state index >= 15 is 0 Å². The molecule has 0 N–H and O–H groups in total. The first-order chi connectivity index (χ1) is 9.20. The van der Waals surface area contributed by atoms with Crippen molar-refractivity contribution in [1.82, 2.24) is 0 Å². The van der Waals surface area contributed by atoms with E-state index in [0.717, 1.165) is 5.56 Å². The van der Waals surface area contributed by atoms with E-state index in [1.54, 1.807) is 12.1 Å². The molecule has 0 amide bonds. The second kappa shape index (κ2) is 4.76. The number of benzene rings is 2. The van der Waals surface area contributed by atoms with E-state index in [9.17, 15) is 9.18 Å². The molecule has 2 unspecified atom stereocenters. The Balaban J connectivity index is 1.91. The van der Waals surface area contributed by atoms with Crippen molar-refractivity contribution < 1.29 is 13.9 Å². The molecule has 0 spiro atoms. The molecule has 2 aromatic carbocycles. The smallest absolute Gasteiger partial charge is 0.150 e. The molecular weight excluding hydrogens is 267 g/mol. The monoisotopic (exact) mass is 276 g/mol. The number of carbonyl (C=O) groups excluding carboxylic acids is 1. The van der Waals surface area contributed by atoms with Crippen LogP contribution in [0.5, 0.6) is 0 Å². The fourth-order valence-electron chi connectivity index (χ4n) is 2.20. The van der Waals surface area contributed by atoms with Gasteiger partial charge < -0.3 is 4.74 Å².